The van der Waals surface area contributed by atoms with Crippen molar-refractivity contribution in [1.29, 1.82) is 0 Å². The van der Waals surface area contributed by atoms with Gasteiger partial charge in [0, 0.05) is 23.7 Å². The van der Waals surface area contributed by atoms with Gasteiger partial charge >= 0.3 is 0 Å². The molecule has 1 aromatic rings. The Morgan fingerprint density at radius 2 is 1.90 bits per heavy atom. The van der Waals surface area contributed by atoms with E-state index in [1.54, 1.807) is 25.2 Å². The van der Waals surface area contributed by atoms with E-state index in [4.69, 9.17) is 0 Å². The van der Waals surface area contributed by atoms with E-state index in [0.717, 1.165) is 37.2 Å². The third kappa shape index (κ3) is 3.42. The average molecular weight is 289 g/mol. The van der Waals surface area contributed by atoms with E-state index in [9.17, 15) is 9.59 Å². The summed E-state index contributed by atoms with van der Waals surface area (Å²) in [6, 6.07) is 5.31. The first kappa shape index (κ1) is 15.5. The number of carbonyl (C=O) groups excluding carboxylic acids is 2. The Morgan fingerprint density at radius 3 is 2.48 bits per heavy atom. The van der Waals surface area contributed by atoms with Crippen LogP contribution in [0.1, 0.15) is 35.7 Å². The number of carbonyl (C=O) groups is 2. The molecule has 2 rings (SSSR count). The van der Waals surface area contributed by atoms with Crippen molar-refractivity contribution in [1.82, 2.24) is 10.6 Å². The van der Waals surface area contributed by atoms with Gasteiger partial charge in [0.1, 0.15) is 0 Å². The third-order valence-corrected chi connectivity index (χ3v) is 4.22. The van der Waals surface area contributed by atoms with Crippen molar-refractivity contribution < 1.29 is 9.59 Å². The summed E-state index contributed by atoms with van der Waals surface area (Å²) in [5.74, 6) is -0.0684. The lowest BCUT2D eigenvalue weighted by Gasteiger charge is -2.32. The van der Waals surface area contributed by atoms with Crippen LogP contribution in [0, 0.1) is 12.3 Å². The smallest absolute Gasteiger partial charge is 0.251 e. The molecule has 0 atom stereocenters. The predicted molar refractivity (Wildman–Crippen MR) is 83.4 cm³/mol. The highest BCUT2D eigenvalue weighted by Gasteiger charge is 2.34. The molecule has 2 amide bonds. The molecule has 1 aliphatic heterocycles. The SMILES string of the molecule is CNC(=O)c1ccc(NC(=O)C2(C)CCNCC2)c(C)c1. The maximum absolute atomic E-state index is 12.5. The van der Waals surface area contributed by atoms with Crippen molar-refractivity contribution in [3.8, 4) is 0 Å². The van der Waals surface area contributed by atoms with Crippen LogP contribution in [0.2, 0.25) is 0 Å². The van der Waals surface area contributed by atoms with E-state index in [2.05, 4.69) is 16.0 Å². The van der Waals surface area contributed by atoms with Crippen LogP contribution in [0.4, 0.5) is 5.69 Å². The number of anilines is 1. The van der Waals surface area contributed by atoms with Crippen LogP contribution in [0.5, 0.6) is 0 Å². The lowest BCUT2D eigenvalue weighted by Crippen LogP contribution is -2.42. The lowest BCUT2D eigenvalue weighted by molar-refractivity contribution is -0.126. The molecule has 0 saturated carbocycles. The van der Waals surface area contributed by atoms with Crippen molar-refractivity contribution in [3.63, 3.8) is 0 Å². The minimum atomic E-state index is -0.322. The second kappa shape index (κ2) is 6.26. The van der Waals surface area contributed by atoms with Gasteiger partial charge in [0.15, 0.2) is 0 Å². The summed E-state index contributed by atoms with van der Waals surface area (Å²) in [6.07, 6.45) is 1.68. The van der Waals surface area contributed by atoms with Crippen LogP contribution in [0.25, 0.3) is 0 Å². The van der Waals surface area contributed by atoms with Gasteiger partial charge in [0.05, 0.1) is 0 Å². The Hall–Kier alpha value is -1.88. The van der Waals surface area contributed by atoms with Gasteiger partial charge in [-0.25, -0.2) is 0 Å². The molecule has 0 spiro atoms. The molecule has 0 unspecified atom stereocenters. The average Bonchev–Trinajstić information content (AvgIpc) is 2.49. The zero-order valence-electron chi connectivity index (χ0n) is 12.9. The number of piperidine rings is 1. The molecule has 0 aliphatic carbocycles. The van der Waals surface area contributed by atoms with Gasteiger partial charge in [-0.15, -0.1) is 0 Å². The van der Waals surface area contributed by atoms with E-state index in [1.165, 1.54) is 0 Å². The van der Waals surface area contributed by atoms with Crippen molar-refractivity contribution in [2.24, 2.45) is 5.41 Å². The molecule has 0 bridgehead atoms. The maximum Gasteiger partial charge on any atom is 0.251 e. The van der Waals surface area contributed by atoms with Crippen molar-refractivity contribution >= 4 is 17.5 Å². The second-order valence-electron chi connectivity index (χ2n) is 5.87. The van der Waals surface area contributed by atoms with Crippen LogP contribution < -0.4 is 16.0 Å². The Morgan fingerprint density at radius 1 is 1.24 bits per heavy atom. The first-order chi connectivity index (χ1) is 9.96. The maximum atomic E-state index is 12.5. The topological polar surface area (TPSA) is 70.2 Å². The summed E-state index contributed by atoms with van der Waals surface area (Å²) in [7, 11) is 1.60. The lowest BCUT2D eigenvalue weighted by atomic mass is 9.80. The summed E-state index contributed by atoms with van der Waals surface area (Å²) in [5.41, 5.74) is 1.94. The largest absolute Gasteiger partial charge is 0.355 e. The fraction of sp³-hybridized carbons (Fsp3) is 0.500. The van der Waals surface area contributed by atoms with E-state index >= 15 is 0 Å². The van der Waals surface area contributed by atoms with Crippen LogP contribution in [-0.4, -0.2) is 32.0 Å². The van der Waals surface area contributed by atoms with E-state index in [-0.39, 0.29) is 17.2 Å². The van der Waals surface area contributed by atoms with Crippen molar-refractivity contribution in [2.75, 3.05) is 25.5 Å². The summed E-state index contributed by atoms with van der Waals surface area (Å²) in [4.78, 5) is 24.1. The molecule has 1 aliphatic rings. The normalized spacial score (nSPS) is 17.1. The van der Waals surface area contributed by atoms with Gasteiger partial charge in [-0.2, -0.15) is 0 Å². The highest BCUT2D eigenvalue weighted by atomic mass is 16.2. The fourth-order valence-electron chi connectivity index (χ4n) is 2.57. The summed E-state index contributed by atoms with van der Waals surface area (Å²) >= 11 is 0. The highest BCUT2D eigenvalue weighted by molar-refractivity contribution is 5.98. The highest BCUT2D eigenvalue weighted by Crippen LogP contribution is 2.30. The van der Waals surface area contributed by atoms with Crippen LogP contribution in [0.15, 0.2) is 18.2 Å². The zero-order valence-corrected chi connectivity index (χ0v) is 12.9. The van der Waals surface area contributed by atoms with E-state index < -0.39 is 0 Å². The zero-order chi connectivity index (χ0) is 15.5. The second-order valence-corrected chi connectivity index (χ2v) is 5.87. The molecule has 1 fully saturated rings. The molecule has 1 aromatic carbocycles. The van der Waals surface area contributed by atoms with Crippen LogP contribution >= 0.6 is 0 Å². The number of amides is 2. The number of nitrogens with one attached hydrogen (secondary N) is 3. The minimum absolute atomic E-state index is 0.0554. The Bertz CT molecular complexity index is 548. The molecule has 114 valence electrons. The summed E-state index contributed by atoms with van der Waals surface area (Å²) in [6.45, 7) is 5.65. The van der Waals surface area contributed by atoms with Gasteiger partial charge in [-0.1, -0.05) is 6.92 Å². The van der Waals surface area contributed by atoms with Gasteiger partial charge in [0.2, 0.25) is 5.91 Å². The van der Waals surface area contributed by atoms with E-state index in [0.29, 0.717) is 5.56 Å². The predicted octanol–water partition coefficient (Wildman–Crippen LogP) is 1.68. The number of benzene rings is 1. The summed E-state index contributed by atoms with van der Waals surface area (Å²) in [5, 5.41) is 8.87. The van der Waals surface area contributed by atoms with Crippen LogP contribution in [0.3, 0.4) is 0 Å². The summed E-state index contributed by atoms with van der Waals surface area (Å²) < 4.78 is 0. The number of hydrogen-bond donors (Lipinski definition) is 3. The molecule has 21 heavy (non-hydrogen) atoms. The molecule has 5 nitrogen and oxygen atoms in total. The molecule has 1 heterocycles. The van der Waals surface area contributed by atoms with Gasteiger partial charge < -0.3 is 16.0 Å². The molecular formula is C16H23N3O2. The standard InChI is InChI=1S/C16H23N3O2/c1-11-10-12(14(20)17-3)4-5-13(11)19-15(21)16(2)6-8-18-9-7-16/h4-5,10,18H,6-9H2,1-3H3,(H,17,20)(H,19,21). The number of aryl methyl sites for hydroxylation is 1. The minimum Gasteiger partial charge on any atom is -0.355 e. The molecular weight excluding hydrogens is 266 g/mol. The molecule has 0 radical (unpaired) electrons. The molecule has 0 aromatic heterocycles. The third-order valence-electron chi connectivity index (χ3n) is 4.22. The quantitative estimate of drug-likeness (QED) is 0.793. The Balaban J connectivity index is 2.12. The first-order valence-electron chi connectivity index (χ1n) is 7.31. The Kier molecular flexibility index (Phi) is 4.63. The fourth-order valence-corrected chi connectivity index (χ4v) is 2.57. The van der Waals surface area contributed by atoms with Gasteiger partial charge in [-0.3, -0.25) is 9.59 Å². The number of rotatable bonds is 3. The van der Waals surface area contributed by atoms with Gasteiger partial charge in [0.25, 0.3) is 5.91 Å². The molecule has 1 saturated heterocycles. The van der Waals surface area contributed by atoms with Crippen molar-refractivity contribution in [2.45, 2.75) is 26.7 Å². The molecule has 3 N–H and O–H groups in total. The monoisotopic (exact) mass is 289 g/mol. The van der Waals surface area contributed by atoms with Crippen LogP contribution in [-0.2, 0) is 4.79 Å². The van der Waals surface area contributed by atoms with Gasteiger partial charge in [-0.05, 0) is 56.6 Å². The molecule has 5 heteroatoms. The Labute approximate surface area is 125 Å². The first-order valence-corrected chi connectivity index (χ1v) is 7.31. The van der Waals surface area contributed by atoms with Crippen molar-refractivity contribution in [3.05, 3.63) is 29.3 Å². The number of hydrogen-bond acceptors (Lipinski definition) is 3. The van der Waals surface area contributed by atoms with E-state index in [1.807, 2.05) is 13.8 Å².